The minimum atomic E-state index is -0.909. The molecule has 0 radical (unpaired) electrons. The highest BCUT2D eigenvalue weighted by Crippen LogP contribution is 2.30. The van der Waals surface area contributed by atoms with E-state index in [4.69, 9.17) is 5.11 Å². The van der Waals surface area contributed by atoms with Crippen molar-refractivity contribution in [2.75, 3.05) is 0 Å². The van der Waals surface area contributed by atoms with Crippen molar-refractivity contribution in [3.63, 3.8) is 0 Å². The molecule has 1 aliphatic carbocycles. The largest absolute Gasteiger partial charge is 0.480 e. The number of rotatable bonds is 7. The van der Waals surface area contributed by atoms with E-state index in [2.05, 4.69) is 6.92 Å². The number of aliphatic carboxylic acids is 1. The van der Waals surface area contributed by atoms with Crippen LogP contribution in [0.3, 0.4) is 0 Å². The van der Waals surface area contributed by atoms with Crippen LogP contribution < -0.4 is 0 Å². The fourth-order valence-electron chi connectivity index (χ4n) is 2.05. The molecule has 0 saturated heterocycles. The SMILES string of the molecule is CCCCC(C)C(=O)N(C1CC1)C(C)C(=O)O. The molecular weight excluding hydrogens is 218 g/mol. The Morgan fingerprint density at radius 1 is 1.35 bits per heavy atom. The molecule has 1 aliphatic rings. The molecule has 1 saturated carbocycles. The van der Waals surface area contributed by atoms with E-state index in [1.807, 2.05) is 6.92 Å². The van der Waals surface area contributed by atoms with Crippen LogP contribution in [-0.2, 0) is 9.59 Å². The van der Waals surface area contributed by atoms with Gasteiger partial charge in [0, 0.05) is 12.0 Å². The summed E-state index contributed by atoms with van der Waals surface area (Å²) in [6, 6.07) is -0.531. The highest BCUT2D eigenvalue weighted by atomic mass is 16.4. The molecule has 98 valence electrons. The molecule has 1 N–H and O–H groups in total. The molecule has 0 aliphatic heterocycles. The second kappa shape index (κ2) is 6.03. The quantitative estimate of drug-likeness (QED) is 0.744. The summed E-state index contributed by atoms with van der Waals surface area (Å²) in [6.45, 7) is 5.60. The zero-order valence-electron chi connectivity index (χ0n) is 11.0. The molecule has 0 aromatic heterocycles. The topological polar surface area (TPSA) is 57.6 Å². The van der Waals surface area contributed by atoms with Crippen molar-refractivity contribution in [1.29, 1.82) is 0 Å². The van der Waals surface area contributed by atoms with Gasteiger partial charge in [-0.05, 0) is 26.2 Å². The lowest BCUT2D eigenvalue weighted by Gasteiger charge is -2.29. The first-order valence-corrected chi connectivity index (χ1v) is 6.54. The van der Waals surface area contributed by atoms with Crippen molar-refractivity contribution in [2.24, 2.45) is 5.92 Å². The normalized spacial score (nSPS) is 18.5. The Kier molecular flexibility index (Phi) is 4.97. The van der Waals surface area contributed by atoms with Gasteiger partial charge in [-0.1, -0.05) is 26.7 Å². The van der Waals surface area contributed by atoms with Crippen LogP contribution in [0.25, 0.3) is 0 Å². The molecule has 1 fully saturated rings. The predicted octanol–water partition coefficient (Wildman–Crippen LogP) is 2.28. The van der Waals surface area contributed by atoms with Crippen molar-refractivity contribution < 1.29 is 14.7 Å². The van der Waals surface area contributed by atoms with Gasteiger partial charge in [-0.25, -0.2) is 4.79 Å². The summed E-state index contributed by atoms with van der Waals surface area (Å²) in [7, 11) is 0. The second-order valence-electron chi connectivity index (χ2n) is 5.03. The highest BCUT2D eigenvalue weighted by Gasteiger charge is 2.39. The van der Waals surface area contributed by atoms with Crippen LogP contribution in [0, 0.1) is 5.92 Å². The molecule has 4 nitrogen and oxygen atoms in total. The average Bonchev–Trinajstić information content (AvgIpc) is 3.09. The third kappa shape index (κ3) is 3.72. The van der Waals surface area contributed by atoms with Crippen LogP contribution in [0.2, 0.25) is 0 Å². The fourth-order valence-corrected chi connectivity index (χ4v) is 2.05. The molecule has 4 heteroatoms. The molecule has 2 unspecified atom stereocenters. The summed E-state index contributed by atoms with van der Waals surface area (Å²) < 4.78 is 0. The molecule has 1 amide bonds. The smallest absolute Gasteiger partial charge is 0.326 e. The van der Waals surface area contributed by atoms with Gasteiger partial charge in [0.05, 0.1) is 0 Å². The molecule has 17 heavy (non-hydrogen) atoms. The Hall–Kier alpha value is -1.06. The minimum absolute atomic E-state index is 0.0100. The maximum Gasteiger partial charge on any atom is 0.326 e. The van der Waals surface area contributed by atoms with Gasteiger partial charge < -0.3 is 10.0 Å². The van der Waals surface area contributed by atoms with E-state index in [-0.39, 0.29) is 17.9 Å². The van der Waals surface area contributed by atoms with Gasteiger partial charge in [0.25, 0.3) is 0 Å². The van der Waals surface area contributed by atoms with Gasteiger partial charge >= 0.3 is 5.97 Å². The Morgan fingerprint density at radius 2 is 1.94 bits per heavy atom. The van der Waals surface area contributed by atoms with Crippen molar-refractivity contribution in [3.05, 3.63) is 0 Å². The Morgan fingerprint density at radius 3 is 2.35 bits per heavy atom. The summed E-state index contributed by atoms with van der Waals surface area (Å²) in [4.78, 5) is 24.8. The summed E-state index contributed by atoms with van der Waals surface area (Å²) in [5.74, 6) is -0.957. The van der Waals surface area contributed by atoms with Crippen LogP contribution in [0.4, 0.5) is 0 Å². The van der Waals surface area contributed by atoms with E-state index in [1.165, 1.54) is 0 Å². The number of carboxylic acid groups (broad SMARTS) is 1. The molecule has 0 spiro atoms. The van der Waals surface area contributed by atoms with E-state index < -0.39 is 12.0 Å². The number of amides is 1. The minimum Gasteiger partial charge on any atom is -0.480 e. The van der Waals surface area contributed by atoms with Crippen molar-refractivity contribution in [1.82, 2.24) is 4.90 Å². The van der Waals surface area contributed by atoms with Gasteiger partial charge in [-0.15, -0.1) is 0 Å². The molecule has 2 atom stereocenters. The lowest BCUT2D eigenvalue weighted by Crippen LogP contribution is -2.46. The number of carbonyl (C=O) groups is 2. The summed E-state index contributed by atoms with van der Waals surface area (Å²) in [5.41, 5.74) is 0. The van der Waals surface area contributed by atoms with Gasteiger partial charge in [-0.2, -0.15) is 0 Å². The average molecular weight is 241 g/mol. The lowest BCUT2D eigenvalue weighted by molar-refractivity contribution is -0.151. The van der Waals surface area contributed by atoms with Crippen molar-refractivity contribution in [2.45, 2.75) is 65.0 Å². The Bertz CT molecular complexity index is 286. The first kappa shape index (κ1) is 14.0. The molecule has 0 bridgehead atoms. The number of hydrogen-bond donors (Lipinski definition) is 1. The van der Waals surface area contributed by atoms with Crippen LogP contribution in [0.1, 0.15) is 52.9 Å². The summed E-state index contributed by atoms with van der Waals surface area (Å²) >= 11 is 0. The molecule has 1 rings (SSSR count). The monoisotopic (exact) mass is 241 g/mol. The predicted molar refractivity (Wildman–Crippen MR) is 65.7 cm³/mol. The highest BCUT2D eigenvalue weighted by molar-refractivity contribution is 5.85. The van der Waals surface area contributed by atoms with Gasteiger partial charge in [0.2, 0.25) is 5.91 Å². The Labute approximate surface area is 103 Å². The first-order chi connectivity index (χ1) is 7.99. The van der Waals surface area contributed by atoms with Gasteiger partial charge in [0.15, 0.2) is 0 Å². The second-order valence-corrected chi connectivity index (χ2v) is 5.03. The van der Waals surface area contributed by atoms with Gasteiger partial charge in [0.1, 0.15) is 6.04 Å². The van der Waals surface area contributed by atoms with Crippen molar-refractivity contribution >= 4 is 11.9 Å². The molecule has 0 aromatic carbocycles. The van der Waals surface area contributed by atoms with Gasteiger partial charge in [-0.3, -0.25) is 4.79 Å². The third-order valence-electron chi connectivity index (χ3n) is 3.38. The Balaban J connectivity index is 2.63. The van der Waals surface area contributed by atoms with E-state index in [1.54, 1.807) is 11.8 Å². The standard InChI is InChI=1S/C13H23NO3/c1-4-5-6-9(2)12(15)14(11-7-8-11)10(3)13(16)17/h9-11H,4-8H2,1-3H3,(H,16,17). The van der Waals surface area contributed by atoms with Crippen molar-refractivity contribution in [3.8, 4) is 0 Å². The zero-order valence-corrected chi connectivity index (χ0v) is 11.0. The first-order valence-electron chi connectivity index (χ1n) is 6.54. The third-order valence-corrected chi connectivity index (χ3v) is 3.38. The molecule has 0 heterocycles. The zero-order chi connectivity index (χ0) is 13.0. The maximum atomic E-state index is 12.2. The van der Waals surface area contributed by atoms with E-state index >= 15 is 0 Å². The maximum absolute atomic E-state index is 12.2. The molecular formula is C13H23NO3. The summed E-state index contributed by atoms with van der Waals surface area (Å²) in [5, 5.41) is 9.04. The lowest BCUT2D eigenvalue weighted by atomic mass is 10.0. The van der Waals surface area contributed by atoms with E-state index in [9.17, 15) is 9.59 Å². The molecule has 0 aromatic rings. The number of carboxylic acids is 1. The van der Waals surface area contributed by atoms with E-state index in [0.717, 1.165) is 32.1 Å². The van der Waals surface area contributed by atoms with Crippen LogP contribution >= 0.6 is 0 Å². The number of hydrogen-bond acceptors (Lipinski definition) is 2. The summed E-state index contributed by atoms with van der Waals surface area (Å²) in [6.07, 6.45) is 4.83. The van der Waals surface area contributed by atoms with E-state index in [0.29, 0.717) is 0 Å². The number of carbonyl (C=O) groups excluding carboxylic acids is 1. The van der Waals surface area contributed by atoms with Crippen LogP contribution in [0.15, 0.2) is 0 Å². The number of nitrogens with zero attached hydrogens (tertiary/aromatic N) is 1. The van der Waals surface area contributed by atoms with Crippen LogP contribution in [0.5, 0.6) is 0 Å². The fraction of sp³-hybridized carbons (Fsp3) is 0.846. The van der Waals surface area contributed by atoms with Crippen LogP contribution in [-0.4, -0.2) is 34.0 Å². The number of unbranched alkanes of at least 4 members (excludes halogenated alkanes) is 1.